The van der Waals surface area contributed by atoms with Crippen LogP contribution in [0.5, 0.6) is 11.5 Å². The minimum Gasteiger partial charge on any atom is -0.467 e. The molecular formula is C74H96N6O17. The van der Waals surface area contributed by atoms with Gasteiger partial charge in [0.05, 0.1) is 32.8 Å². The van der Waals surface area contributed by atoms with Crippen LogP contribution in [-0.4, -0.2) is 145 Å². The molecule has 0 radical (unpaired) electrons. The third kappa shape index (κ3) is 18.8. The van der Waals surface area contributed by atoms with Crippen molar-refractivity contribution in [2.45, 2.75) is 174 Å². The van der Waals surface area contributed by atoms with Gasteiger partial charge in [0.25, 0.3) is 0 Å². The Labute approximate surface area is 567 Å². The summed E-state index contributed by atoms with van der Waals surface area (Å²) in [6.45, 7) is 6.01. The summed E-state index contributed by atoms with van der Waals surface area (Å²) in [5.74, 6) is -3.94. The molecule has 524 valence electrons. The number of alkyl carbamates (subject to hydrolysis) is 2. The summed E-state index contributed by atoms with van der Waals surface area (Å²) in [4.78, 5) is 126. The van der Waals surface area contributed by atoms with Gasteiger partial charge in [0.15, 0.2) is 0 Å². The Balaban J connectivity index is 0.921. The number of anilines is 2. The fraction of sp³-hybridized carbons (Fsp3) is 0.554. The van der Waals surface area contributed by atoms with E-state index in [9.17, 15) is 53.4 Å². The van der Waals surface area contributed by atoms with Gasteiger partial charge in [-0.05, 0) is 196 Å². The second-order valence-corrected chi connectivity index (χ2v) is 27.3. The van der Waals surface area contributed by atoms with Gasteiger partial charge in [0.2, 0.25) is 23.6 Å². The average molecular weight is 1340 g/mol. The molecule has 0 unspecified atom stereocenters. The van der Waals surface area contributed by atoms with E-state index in [4.69, 9.17) is 28.4 Å². The molecule has 4 aliphatic carbocycles. The summed E-state index contributed by atoms with van der Waals surface area (Å²) >= 11 is 0. The first-order valence-corrected chi connectivity index (χ1v) is 34.3. The second-order valence-electron chi connectivity index (χ2n) is 27.3. The molecular weight excluding hydrogens is 1240 g/mol. The lowest BCUT2D eigenvalue weighted by Gasteiger charge is -2.63. The van der Waals surface area contributed by atoms with Gasteiger partial charge < -0.3 is 69.7 Å². The number of rotatable bonds is 18. The normalized spacial score (nSPS) is 27.0. The van der Waals surface area contributed by atoms with Crippen LogP contribution in [0.3, 0.4) is 0 Å². The van der Waals surface area contributed by atoms with Crippen LogP contribution < -0.4 is 26.0 Å². The van der Waals surface area contributed by atoms with E-state index in [0.29, 0.717) is 87.1 Å². The minimum atomic E-state index is -1.24. The van der Waals surface area contributed by atoms with Gasteiger partial charge in [-0.3, -0.25) is 24.0 Å². The van der Waals surface area contributed by atoms with Crippen molar-refractivity contribution in [3.8, 4) is 11.5 Å². The molecule has 6 N–H and O–H groups in total. The summed E-state index contributed by atoms with van der Waals surface area (Å²) < 4.78 is 33.4. The number of hydrogen-bond acceptors (Lipinski definition) is 17. The number of hydrogen-bond donors (Lipinski definition) is 6. The van der Waals surface area contributed by atoms with E-state index >= 15 is 0 Å². The van der Waals surface area contributed by atoms with E-state index < -0.39 is 103 Å². The third-order valence-electron chi connectivity index (χ3n) is 21.4. The van der Waals surface area contributed by atoms with Gasteiger partial charge in [-0.2, -0.15) is 0 Å². The summed E-state index contributed by atoms with van der Waals surface area (Å²) in [7, 11) is 2.41. The topological polar surface area (TPSA) is 304 Å². The van der Waals surface area contributed by atoms with E-state index in [2.05, 4.69) is 42.0 Å². The van der Waals surface area contributed by atoms with Gasteiger partial charge in [-0.15, -0.1) is 0 Å². The first-order chi connectivity index (χ1) is 46.7. The summed E-state index contributed by atoms with van der Waals surface area (Å²) in [5.41, 5.74) is 1.47. The zero-order chi connectivity index (χ0) is 69.2. The Morgan fingerprint density at radius 3 is 1.60 bits per heavy atom. The number of carbonyl (C=O) groups is 9. The molecule has 8 heterocycles. The van der Waals surface area contributed by atoms with Crippen LogP contribution in [0.2, 0.25) is 0 Å². The van der Waals surface area contributed by atoms with E-state index in [1.54, 1.807) is 48.5 Å². The molecule has 12 bridgehead atoms. The fourth-order valence-electron chi connectivity index (χ4n) is 16.2. The van der Waals surface area contributed by atoms with Crippen LogP contribution in [0.4, 0.5) is 21.0 Å². The number of methoxy groups -OCH3 is 2. The van der Waals surface area contributed by atoms with Crippen molar-refractivity contribution < 1.29 is 81.8 Å². The Bertz CT molecular complexity index is 3340. The predicted octanol–water partition coefficient (Wildman–Crippen LogP) is 10.0. The first kappa shape index (κ1) is 72.7. The van der Waals surface area contributed by atoms with Gasteiger partial charge in [0.1, 0.15) is 56.0 Å². The quantitative estimate of drug-likeness (QED) is 0.0307. The molecule has 0 aromatic heterocycles. The highest BCUT2D eigenvalue weighted by atomic mass is 16.6. The molecule has 4 saturated carbocycles. The number of benzene rings is 4. The SMILES string of the molecule is COC(=O)[C@H](CCCCNC(=O)OCc1ccccc1)N1CC(=O)Nc2ccc(cc2)Oc2ccc(cc2)NC(=O)CN([C@@H](CCCCNC(=O)OCc2ccccc2)C(=O)OC)C(=O)CC[C@@H](C)[C@H]2CC[C@H]3[C@@H]4[C@H](O)C[C@@H]5C[C@@H](CC[C@]5(C)[C@H]4C[C@H](O)[C@]23C)OC(=O)CCC1=O. The molecule has 4 fully saturated rings. The standard InChI is InChI=1S/C74H96N6O17/c1-47-22-33-65(85)79(59(69(88)92-4)20-12-14-38-75-71(90)94-45-48-16-8-6-9-17-48)43-63(83)77-51-23-27-53(28-24-51)96-54-29-25-52(26-30-54)78-64(84)44-80(60(70(89)93-5)21-13-15-39-76-72(91)95-46-49-18-10-7-11-19-49)66(86)34-35-67(87)97-55-36-37-73(2)50(40-55)41-61(81)68-57-32-31-56(47)74(57,3)62(82)42-58(68)73/h6-11,16-19,23-30,47,50,55-62,68,81-82H,12-15,20-22,31-46H2,1-5H3,(H,75,90)(H,76,91)(H,77,83)(H,78,84)/t47-,50+,55-,56-,57+,58+,59+,60+,61-,62+,68+,73+,74-/m1/s1. The predicted molar refractivity (Wildman–Crippen MR) is 358 cm³/mol. The fourth-order valence-corrected chi connectivity index (χ4v) is 16.2. The smallest absolute Gasteiger partial charge is 0.407 e. The summed E-state index contributed by atoms with van der Waals surface area (Å²) in [6, 6.07) is 28.9. The summed E-state index contributed by atoms with van der Waals surface area (Å²) in [6.07, 6.45) is 2.40. The van der Waals surface area contributed by atoms with Crippen molar-refractivity contribution in [2.75, 3.05) is 51.0 Å². The van der Waals surface area contributed by atoms with Crippen LogP contribution in [0, 0.1) is 46.3 Å². The number of ether oxygens (including phenoxy) is 6. The molecule has 4 aromatic carbocycles. The van der Waals surface area contributed by atoms with E-state index in [0.717, 1.165) is 28.9 Å². The van der Waals surface area contributed by atoms with E-state index in [1.165, 1.54) is 19.1 Å². The van der Waals surface area contributed by atoms with Crippen LogP contribution in [0.1, 0.15) is 141 Å². The lowest BCUT2D eigenvalue weighted by atomic mass is 9.43. The molecule has 8 aliphatic heterocycles. The maximum Gasteiger partial charge on any atom is 0.407 e. The zero-order valence-electron chi connectivity index (χ0n) is 56.4. The Morgan fingerprint density at radius 1 is 0.598 bits per heavy atom. The maximum atomic E-state index is 14.8. The van der Waals surface area contributed by atoms with Crippen molar-refractivity contribution in [1.29, 1.82) is 0 Å². The number of nitrogens with one attached hydrogen (secondary N) is 4. The van der Waals surface area contributed by atoms with Crippen LogP contribution in [0.25, 0.3) is 0 Å². The second kappa shape index (κ2) is 34.1. The van der Waals surface area contributed by atoms with Gasteiger partial charge >= 0.3 is 30.1 Å². The molecule has 13 atom stereocenters. The number of aliphatic hydroxyl groups excluding tert-OH is 2. The third-order valence-corrected chi connectivity index (χ3v) is 21.4. The number of amides is 6. The molecule has 4 aromatic rings. The Hall–Kier alpha value is -8.57. The lowest BCUT2D eigenvalue weighted by Crippen LogP contribution is -2.62. The number of esters is 3. The number of nitrogens with zero attached hydrogens (tertiary/aromatic N) is 2. The van der Waals surface area contributed by atoms with Gasteiger partial charge in [0, 0.05) is 37.3 Å². The molecule has 23 nitrogen and oxygen atoms in total. The highest BCUT2D eigenvalue weighted by Gasteiger charge is 2.66. The Kier molecular flexibility index (Phi) is 25.5. The van der Waals surface area contributed by atoms with Gasteiger partial charge in [-0.1, -0.05) is 81.4 Å². The van der Waals surface area contributed by atoms with Crippen molar-refractivity contribution in [3.63, 3.8) is 0 Å². The monoisotopic (exact) mass is 1340 g/mol. The van der Waals surface area contributed by atoms with Crippen molar-refractivity contribution in [2.24, 2.45) is 46.3 Å². The lowest BCUT2D eigenvalue weighted by molar-refractivity contribution is -0.209. The van der Waals surface area contributed by atoms with Crippen molar-refractivity contribution in [1.82, 2.24) is 20.4 Å². The van der Waals surface area contributed by atoms with Crippen molar-refractivity contribution in [3.05, 3.63) is 120 Å². The highest BCUT2D eigenvalue weighted by Crippen LogP contribution is 2.68. The molecule has 12 aliphatic rings. The van der Waals surface area contributed by atoms with Crippen molar-refractivity contribution >= 4 is 65.1 Å². The van der Waals surface area contributed by atoms with Gasteiger partial charge in [-0.25, -0.2) is 19.2 Å². The zero-order valence-corrected chi connectivity index (χ0v) is 56.4. The average Bonchev–Trinajstić information content (AvgIpc) is 1.69. The maximum absolute atomic E-state index is 14.8. The van der Waals surface area contributed by atoms with Crippen LogP contribution >= 0.6 is 0 Å². The first-order valence-electron chi connectivity index (χ1n) is 34.3. The number of carbonyl (C=O) groups excluding carboxylic acids is 9. The van der Waals surface area contributed by atoms with E-state index in [-0.39, 0.29) is 99.3 Å². The molecule has 0 spiro atoms. The molecule has 97 heavy (non-hydrogen) atoms. The highest BCUT2D eigenvalue weighted by molar-refractivity contribution is 5.97. The summed E-state index contributed by atoms with van der Waals surface area (Å²) in [5, 5.41) is 36.0. The Morgan fingerprint density at radius 2 is 1.09 bits per heavy atom. The molecule has 16 rings (SSSR count). The number of aliphatic hydroxyl groups is 2. The largest absolute Gasteiger partial charge is 0.467 e. The number of unbranched alkanes of at least 4 members (excludes halogenated alkanes) is 2. The van der Waals surface area contributed by atoms with Crippen LogP contribution in [-0.2, 0) is 70.5 Å². The molecule has 6 amide bonds. The van der Waals surface area contributed by atoms with E-state index in [1.807, 2.05) is 60.7 Å². The van der Waals surface area contributed by atoms with Crippen LogP contribution in [0.15, 0.2) is 109 Å². The minimum absolute atomic E-state index is 0.00793. The molecule has 0 saturated heterocycles. The molecule has 23 heteroatoms.